The highest BCUT2D eigenvalue weighted by atomic mass is 32.2. The van der Waals surface area contributed by atoms with Gasteiger partial charge in [0.25, 0.3) is 5.91 Å². The van der Waals surface area contributed by atoms with Gasteiger partial charge in [0.05, 0.1) is 0 Å². The average molecular weight is 340 g/mol. The zero-order chi connectivity index (χ0) is 17.8. The van der Waals surface area contributed by atoms with E-state index in [2.05, 4.69) is 9.97 Å². The molecule has 2 aromatic heterocycles. The van der Waals surface area contributed by atoms with E-state index in [-0.39, 0.29) is 17.1 Å². The summed E-state index contributed by atoms with van der Waals surface area (Å²) >= 11 is 1.06. The summed E-state index contributed by atoms with van der Waals surface area (Å²) in [5.74, 6) is -0.602. The summed E-state index contributed by atoms with van der Waals surface area (Å²) in [6.45, 7) is 6.14. The minimum Gasteiger partial charge on any atom is -0.464 e. The molecule has 10 heteroatoms. The van der Waals surface area contributed by atoms with Crippen LogP contribution < -0.4 is 16.2 Å². The topological polar surface area (TPSA) is 149 Å². The first-order chi connectivity index (χ1) is 10.6. The van der Waals surface area contributed by atoms with Gasteiger partial charge >= 0.3 is 6.09 Å². The first kappa shape index (κ1) is 18.6. The van der Waals surface area contributed by atoms with E-state index in [9.17, 15) is 9.59 Å². The van der Waals surface area contributed by atoms with Crippen molar-refractivity contribution in [3.05, 3.63) is 18.0 Å². The summed E-state index contributed by atoms with van der Waals surface area (Å²) < 4.78 is 4.00. The second-order valence-electron chi connectivity index (χ2n) is 5.50. The van der Waals surface area contributed by atoms with Crippen molar-refractivity contribution in [1.29, 1.82) is 0 Å². The molecule has 0 aliphatic rings. The van der Waals surface area contributed by atoms with E-state index in [1.807, 2.05) is 36.3 Å². The van der Waals surface area contributed by atoms with E-state index in [1.54, 1.807) is 12.3 Å². The number of carboxylic acid groups (broad SMARTS) is 1. The van der Waals surface area contributed by atoms with Gasteiger partial charge in [0.2, 0.25) is 0 Å². The van der Waals surface area contributed by atoms with E-state index in [0.29, 0.717) is 11.2 Å². The lowest BCUT2D eigenvalue weighted by Crippen LogP contribution is -2.22. The van der Waals surface area contributed by atoms with Crippen molar-refractivity contribution in [2.24, 2.45) is 5.73 Å². The van der Waals surface area contributed by atoms with Gasteiger partial charge in [0, 0.05) is 18.0 Å². The zero-order valence-corrected chi connectivity index (χ0v) is 14.1. The molecule has 0 saturated carbocycles. The molecule has 2 rings (SSSR count). The van der Waals surface area contributed by atoms with Gasteiger partial charge in [-0.05, 0) is 26.8 Å². The van der Waals surface area contributed by atoms with E-state index in [0.717, 1.165) is 11.9 Å². The first-order valence-corrected chi connectivity index (χ1v) is 7.77. The van der Waals surface area contributed by atoms with Gasteiger partial charge in [-0.25, -0.2) is 14.8 Å². The standard InChI is InChI=1S/C11H15N5O.C2H5NO2S/c1-11(2,3)16-5-4-6-10(16)15-8(12)7(14-6)9(13)17;1-6-3-2(4)5/h4-5H,1-3H3,(H2,12,15)(H2,13,17);3H,1H3,(H,4,5). The van der Waals surface area contributed by atoms with Crippen molar-refractivity contribution < 1.29 is 14.7 Å². The minimum atomic E-state index is -0.998. The van der Waals surface area contributed by atoms with Crippen LogP contribution in [0.3, 0.4) is 0 Å². The number of aromatic nitrogens is 3. The van der Waals surface area contributed by atoms with Crippen LogP contribution in [0.2, 0.25) is 0 Å². The Bertz CT molecular complexity index is 722. The molecule has 0 aliphatic heterocycles. The number of nitrogens with two attached hydrogens (primary N) is 2. The van der Waals surface area contributed by atoms with Gasteiger partial charge in [-0.2, -0.15) is 0 Å². The smallest absolute Gasteiger partial charge is 0.414 e. The minimum absolute atomic E-state index is 0.0177. The van der Waals surface area contributed by atoms with Gasteiger partial charge in [0.15, 0.2) is 17.2 Å². The van der Waals surface area contributed by atoms with Crippen molar-refractivity contribution in [3.63, 3.8) is 0 Å². The van der Waals surface area contributed by atoms with Crippen LogP contribution in [-0.4, -0.2) is 37.9 Å². The monoisotopic (exact) mass is 340 g/mol. The molecule has 0 spiro atoms. The second-order valence-corrected chi connectivity index (χ2v) is 6.11. The molecule has 0 aromatic carbocycles. The SMILES string of the molecule is CC(C)(C)n1ccc2nc(C(N)=O)c(N)nc21.CSNC(=O)O. The van der Waals surface area contributed by atoms with Crippen LogP contribution in [0.4, 0.5) is 10.6 Å². The molecular formula is C13H20N6O3S. The molecule has 0 unspecified atom stereocenters. The fourth-order valence-electron chi connectivity index (χ4n) is 1.77. The third-order valence-corrected chi connectivity index (χ3v) is 3.06. The summed E-state index contributed by atoms with van der Waals surface area (Å²) in [6.07, 6.45) is 2.52. The predicted molar refractivity (Wildman–Crippen MR) is 90.1 cm³/mol. The van der Waals surface area contributed by atoms with Crippen LogP contribution in [0, 0.1) is 0 Å². The van der Waals surface area contributed by atoms with Crippen LogP contribution in [0.25, 0.3) is 11.2 Å². The van der Waals surface area contributed by atoms with Crippen molar-refractivity contribution in [2.75, 3.05) is 12.0 Å². The van der Waals surface area contributed by atoms with Crippen LogP contribution in [0.15, 0.2) is 12.3 Å². The van der Waals surface area contributed by atoms with Gasteiger partial charge in [0.1, 0.15) is 5.52 Å². The van der Waals surface area contributed by atoms with Crippen LogP contribution in [-0.2, 0) is 5.54 Å². The van der Waals surface area contributed by atoms with E-state index in [1.165, 1.54) is 0 Å². The number of nitrogens with one attached hydrogen (secondary N) is 1. The predicted octanol–water partition coefficient (Wildman–Crippen LogP) is 1.40. The van der Waals surface area contributed by atoms with Gasteiger partial charge in [-0.3, -0.25) is 9.52 Å². The molecule has 0 saturated heterocycles. The highest BCUT2D eigenvalue weighted by molar-refractivity contribution is 7.97. The number of carbonyl (C=O) groups excluding carboxylic acids is 1. The van der Waals surface area contributed by atoms with Crippen molar-refractivity contribution in [3.8, 4) is 0 Å². The first-order valence-electron chi connectivity index (χ1n) is 6.54. The molecule has 23 heavy (non-hydrogen) atoms. The summed E-state index contributed by atoms with van der Waals surface area (Å²) in [5, 5.41) is 7.78. The van der Waals surface area contributed by atoms with Gasteiger partial charge in [-0.15, -0.1) is 0 Å². The second kappa shape index (κ2) is 7.18. The third kappa shape index (κ3) is 4.74. The van der Waals surface area contributed by atoms with E-state index in [4.69, 9.17) is 16.6 Å². The fraction of sp³-hybridized carbons (Fsp3) is 0.385. The molecule has 0 aliphatic carbocycles. The Balaban J connectivity index is 0.000000379. The molecule has 2 amide bonds. The van der Waals surface area contributed by atoms with Crippen LogP contribution in [0.5, 0.6) is 0 Å². The molecule has 0 radical (unpaired) electrons. The quantitative estimate of drug-likeness (QED) is 0.603. The Hall–Kier alpha value is -2.49. The van der Waals surface area contributed by atoms with Crippen molar-refractivity contribution >= 4 is 40.9 Å². The Morgan fingerprint density at radius 2 is 1.96 bits per heavy atom. The number of carbonyl (C=O) groups is 2. The molecule has 126 valence electrons. The fourth-order valence-corrected chi connectivity index (χ4v) is 1.94. The number of primary amides is 1. The highest BCUT2D eigenvalue weighted by Gasteiger charge is 2.19. The van der Waals surface area contributed by atoms with E-state index >= 15 is 0 Å². The molecule has 0 fully saturated rings. The van der Waals surface area contributed by atoms with E-state index < -0.39 is 12.0 Å². The summed E-state index contributed by atoms with van der Waals surface area (Å²) in [4.78, 5) is 28.9. The lowest BCUT2D eigenvalue weighted by Gasteiger charge is -2.21. The summed E-state index contributed by atoms with van der Waals surface area (Å²) in [7, 11) is 0. The lowest BCUT2D eigenvalue weighted by atomic mass is 10.1. The normalized spacial score (nSPS) is 10.8. The number of hydrogen-bond donors (Lipinski definition) is 4. The molecule has 2 aromatic rings. The average Bonchev–Trinajstić information content (AvgIpc) is 2.80. The number of hydrogen-bond acceptors (Lipinski definition) is 6. The van der Waals surface area contributed by atoms with Crippen LogP contribution >= 0.6 is 11.9 Å². The molecule has 9 nitrogen and oxygen atoms in total. The lowest BCUT2D eigenvalue weighted by molar-refractivity contribution is 0.0996. The Labute approximate surface area is 137 Å². The Kier molecular flexibility index (Phi) is 5.79. The number of anilines is 1. The number of rotatable bonds is 2. The molecule has 2 heterocycles. The molecule has 0 bridgehead atoms. The maximum absolute atomic E-state index is 11.1. The number of fused-ring (bicyclic) bond motifs is 1. The third-order valence-electron chi connectivity index (χ3n) is 2.69. The highest BCUT2D eigenvalue weighted by Crippen LogP contribution is 2.22. The molecule has 6 N–H and O–H groups in total. The Morgan fingerprint density at radius 1 is 1.35 bits per heavy atom. The van der Waals surface area contributed by atoms with Crippen LogP contribution in [0.1, 0.15) is 31.3 Å². The summed E-state index contributed by atoms with van der Waals surface area (Å²) in [6, 6.07) is 1.79. The maximum Gasteiger partial charge on any atom is 0.414 e. The molecular weight excluding hydrogens is 320 g/mol. The molecule has 0 atom stereocenters. The zero-order valence-electron chi connectivity index (χ0n) is 13.3. The number of nitrogens with zero attached hydrogens (tertiary/aromatic N) is 3. The van der Waals surface area contributed by atoms with Crippen molar-refractivity contribution in [2.45, 2.75) is 26.3 Å². The van der Waals surface area contributed by atoms with Crippen molar-refractivity contribution in [1.82, 2.24) is 19.3 Å². The largest absolute Gasteiger partial charge is 0.464 e. The summed E-state index contributed by atoms with van der Waals surface area (Å²) in [5.41, 5.74) is 12.0. The maximum atomic E-state index is 11.1. The number of nitrogen functional groups attached to an aromatic ring is 1. The number of amides is 2. The van der Waals surface area contributed by atoms with Gasteiger partial charge < -0.3 is 21.1 Å². The van der Waals surface area contributed by atoms with Gasteiger partial charge in [-0.1, -0.05) is 11.9 Å². The Morgan fingerprint density at radius 3 is 2.35 bits per heavy atom.